The van der Waals surface area contributed by atoms with Gasteiger partial charge in [0.25, 0.3) is 0 Å². The summed E-state index contributed by atoms with van der Waals surface area (Å²) in [5.41, 5.74) is 6.91. The van der Waals surface area contributed by atoms with Gasteiger partial charge in [-0.1, -0.05) is 18.6 Å². The van der Waals surface area contributed by atoms with Gasteiger partial charge in [-0.3, -0.25) is 0 Å². The Morgan fingerprint density at radius 1 is 1.47 bits per heavy atom. The Kier molecular flexibility index (Phi) is 4.02. The van der Waals surface area contributed by atoms with Gasteiger partial charge in [-0.15, -0.1) is 0 Å². The third-order valence-electron chi connectivity index (χ3n) is 3.80. The number of rotatable bonds is 4. The molecule has 0 saturated heterocycles. The van der Waals surface area contributed by atoms with Crippen LogP contribution in [0.4, 0.5) is 0 Å². The quantitative estimate of drug-likeness (QED) is 0.748. The molecule has 1 aliphatic carbocycles. The highest BCUT2D eigenvalue weighted by Crippen LogP contribution is 2.27. The molecule has 1 aromatic rings. The molecule has 2 rings (SSSR count). The molecule has 3 heteroatoms. The molecule has 0 bridgehead atoms. The molecule has 0 radical (unpaired) electrons. The molecule has 4 N–H and O–H groups in total. The molecule has 1 aliphatic rings. The fourth-order valence-electron chi connectivity index (χ4n) is 2.75. The van der Waals surface area contributed by atoms with Gasteiger partial charge in [0.2, 0.25) is 0 Å². The highest BCUT2D eigenvalue weighted by atomic mass is 16.3. The molecule has 17 heavy (non-hydrogen) atoms. The Labute approximate surface area is 103 Å². The van der Waals surface area contributed by atoms with Gasteiger partial charge < -0.3 is 16.2 Å². The predicted octanol–water partition coefficient (Wildman–Crippen LogP) is 2.17. The predicted molar refractivity (Wildman–Crippen MR) is 69.8 cm³/mol. The van der Waals surface area contributed by atoms with E-state index in [2.05, 4.69) is 12.2 Å². The minimum absolute atomic E-state index is 0.263. The van der Waals surface area contributed by atoms with Gasteiger partial charge in [-0.25, -0.2) is 0 Å². The van der Waals surface area contributed by atoms with Crippen LogP contribution in [0.3, 0.4) is 0 Å². The van der Waals surface area contributed by atoms with Crippen LogP contribution in [0.2, 0.25) is 0 Å². The maximum Gasteiger partial charge on any atom is 0.115 e. The topological polar surface area (TPSA) is 58.3 Å². The van der Waals surface area contributed by atoms with Crippen molar-refractivity contribution >= 4 is 0 Å². The molecule has 3 atom stereocenters. The van der Waals surface area contributed by atoms with E-state index in [1.807, 2.05) is 18.2 Å². The van der Waals surface area contributed by atoms with Crippen molar-refractivity contribution in [3.8, 4) is 5.75 Å². The summed E-state index contributed by atoms with van der Waals surface area (Å²) in [6, 6.07) is 8.25. The molecule has 94 valence electrons. The minimum atomic E-state index is 0.263. The Hall–Kier alpha value is -1.06. The zero-order chi connectivity index (χ0) is 12.3. The third kappa shape index (κ3) is 2.99. The van der Waals surface area contributed by atoms with Crippen molar-refractivity contribution in [2.24, 2.45) is 11.7 Å². The molecule has 0 aromatic heterocycles. The lowest BCUT2D eigenvalue weighted by atomic mass is 10.0. The van der Waals surface area contributed by atoms with E-state index in [1.54, 1.807) is 6.07 Å². The summed E-state index contributed by atoms with van der Waals surface area (Å²) in [5.74, 6) is 0.938. The van der Waals surface area contributed by atoms with Crippen LogP contribution in [0.5, 0.6) is 5.75 Å². The van der Waals surface area contributed by atoms with E-state index in [1.165, 1.54) is 19.3 Å². The summed E-state index contributed by atoms with van der Waals surface area (Å²) in [4.78, 5) is 0. The molecule has 0 spiro atoms. The number of phenols is 1. The van der Waals surface area contributed by atoms with Crippen molar-refractivity contribution in [1.82, 2.24) is 5.32 Å². The summed E-state index contributed by atoms with van der Waals surface area (Å²) in [7, 11) is 0. The van der Waals surface area contributed by atoms with E-state index in [0.29, 0.717) is 17.7 Å². The van der Waals surface area contributed by atoms with Gasteiger partial charge >= 0.3 is 0 Å². The van der Waals surface area contributed by atoms with Crippen molar-refractivity contribution < 1.29 is 5.11 Å². The molecular formula is C14H22N2O. The van der Waals surface area contributed by atoms with Crippen LogP contribution in [0.1, 0.15) is 37.8 Å². The molecule has 1 aromatic carbocycles. The lowest BCUT2D eigenvalue weighted by molar-refractivity contribution is 0.373. The average Bonchev–Trinajstić information content (AvgIpc) is 2.76. The maximum absolute atomic E-state index is 9.47. The number of benzene rings is 1. The molecule has 3 nitrogen and oxygen atoms in total. The van der Waals surface area contributed by atoms with E-state index < -0.39 is 0 Å². The van der Waals surface area contributed by atoms with Crippen molar-refractivity contribution in [2.75, 3.05) is 6.54 Å². The summed E-state index contributed by atoms with van der Waals surface area (Å²) < 4.78 is 0. The monoisotopic (exact) mass is 234 g/mol. The number of hydrogen-bond donors (Lipinski definition) is 3. The Balaban J connectivity index is 1.99. The fraction of sp³-hybridized carbons (Fsp3) is 0.571. The lowest BCUT2D eigenvalue weighted by Crippen LogP contribution is -2.37. The van der Waals surface area contributed by atoms with E-state index in [9.17, 15) is 5.11 Å². The minimum Gasteiger partial charge on any atom is -0.508 e. The van der Waals surface area contributed by atoms with Gasteiger partial charge in [0.05, 0.1) is 0 Å². The Morgan fingerprint density at radius 2 is 2.29 bits per heavy atom. The highest BCUT2D eigenvalue weighted by Gasteiger charge is 2.27. The van der Waals surface area contributed by atoms with Gasteiger partial charge in [0.1, 0.15) is 5.75 Å². The standard InChI is InChI=1S/C14H22N2O/c1-10(11-4-2-6-13(17)8-11)16-14-7-3-5-12(14)9-15/h2,4,6,8,10,12,14,16-17H,3,5,7,9,15H2,1H3. The number of nitrogens with two attached hydrogens (primary N) is 1. The Bertz CT molecular complexity index is 367. The zero-order valence-electron chi connectivity index (χ0n) is 10.4. The van der Waals surface area contributed by atoms with E-state index in [0.717, 1.165) is 12.1 Å². The molecule has 0 heterocycles. The van der Waals surface area contributed by atoms with Crippen LogP contribution in [0.25, 0.3) is 0 Å². The van der Waals surface area contributed by atoms with E-state index in [-0.39, 0.29) is 6.04 Å². The Morgan fingerprint density at radius 3 is 3.00 bits per heavy atom. The van der Waals surface area contributed by atoms with Crippen LogP contribution < -0.4 is 11.1 Å². The summed E-state index contributed by atoms with van der Waals surface area (Å²) in [5, 5.41) is 13.1. The smallest absolute Gasteiger partial charge is 0.115 e. The largest absolute Gasteiger partial charge is 0.508 e. The second kappa shape index (κ2) is 5.52. The first kappa shape index (κ1) is 12.4. The first-order chi connectivity index (χ1) is 8.20. The van der Waals surface area contributed by atoms with Gasteiger partial charge in [-0.2, -0.15) is 0 Å². The first-order valence-electron chi connectivity index (χ1n) is 6.45. The summed E-state index contributed by atoms with van der Waals surface area (Å²) in [6.07, 6.45) is 3.72. The second-order valence-corrected chi connectivity index (χ2v) is 5.02. The molecule has 0 aliphatic heterocycles. The van der Waals surface area contributed by atoms with Crippen LogP contribution in [0, 0.1) is 5.92 Å². The molecule has 0 amide bonds. The molecular weight excluding hydrogens is 212 g/mol. The van der Waals surface area contributed by atoms with Crippen LogP contribution in [-0.4, -0.2) is 17.7 Å². The number of phenolic OH excluding ortho intramolecular Hbond substituents is 1. The average molecular weight is 234 g/mol. The summed E-state index contributed by atoms with van der Waals surface area (Å²) in [6.45, 7) is 2.91. The maximum atomic E-state index is 9.47. The van der Waals surface area contributed by atoms with Crippen molar-refractivity contribution in [2.45, 2.75) is 38.3 Å². The number of hydrogen-bond acceptors (Lipinski definition) is 3. The van der Waals surface area contributed by atoms with Crippen LogP contribution >= 0.6 is 0 Å². The van der Waals surface area contributed by atoms with Crippen molar-refractivity contribution in [3.05, 3.63) is 29.8 Å². The van der Waals surface area contributed by atoms with Crippen LogP contribution in [-0.2, 0) is 0 Å². The number of aromatic hydroxyl groups is 1. The first-order valence-corrected chi connectivity index (χ1v) is 6.45. The SMILES string of the molecule is CC(NC1CCCC1CN)c1cccc(O)c1. The van der Waals surface area contributed by atoms with Gasteiger partial charge in [0.15, 0.2) is 0 Å². The number of nitrogens with one attached hydrogen (secondary N) is 1. The van der Waals surface area contributed by atoms with Gasteiger partial charge in [0, 0.05) is 12.1 Å². The van der Waals surface area contributed by atoms with E-state index >= 15 is 0 Å². The molecule has 1 saturated carbocycles. The normalized spacial score (nSPS) is 26.0. The lowest BCUT2D eigenvalue weighted by Gasteiger charge is -2.24. The highest BCUT2D eigenvalue weighted by molar-refractivity contribution is 5.29. The van der Waals surface area contributed by atoms with Gasteiger partial charge in [-0.05, 0) is 49.9 Å². The fourth-order valence-corrected chi connectivity index (χ4v) is 2.75. The van der Waals surface area contributed by atoms with Crippen molar-refractivity contribution in [1.29, 1.82) is 0 Å². The van der Waals surface area contributed by atoms with Crippen LogP contribution in [0.15, 0.2) is 24.3 Å². The molecule has 1 fully saturated rings. The summed E-state index contributed by atoms with van der Waals surface area (Å²) >= 11 is 0. The zero-order valence-corrected chi connectivity index (χ0v) is 10.4. The van der Waals surface area contributed by atoms with Crippen molar-refractivity contribution in [3.63, 3.8) is 0 Å². The molecule has 3 unspecified atom stereocenters. The van der Waals surface area contributed by atoms with E-state index in [4.69, 9.17) is 5.73 Å². The second-order valence-electron chi connectivity index (χ2n) is 5.02. The third-order valence-corrected chi connectivity index (χ3v) is 3.80.